The van der Waals surface area contributed by atoms with Gasteiger partial charge in [-0.1, -0.05) is 13.0 Å². The summed E-state index contributed by atoms with van der Waals surface area (Å²) in [6.07, 6.45) is 3.64. The van der Waals surface area contributed by atoms with Gasteiger partial charge in [-0.05, 0) is 71.2 Å². The lowest BCUT2D eigenvalue weighted by molar-refractivity contribution is -0.128. The molecule has 8 heteroatoms. The minimum absolute atomic E-state index is 0.0635. The molecule has 2 aromatic carbocycles. The van der Waals surface area contributed by atoms with Crippen LogP contribution in [0.5, 0.6) is 11.5 Å². The summed E-state index contributed by atoms with van der Waals surface area (Å²) in [5.74, 6) is -0.185. The highest BCUT2D eigenvalue weighted by Crippen LogP contribution is 2.26. The zero-order chi connectivity index (χ0) is 23.3. The number of carbonyl (C=O) groups is 2. The van der Waals surface area contributed by atoms with Crippen molar-refractivity contribution in [3.63, 3.8) is 0 Å². The zero-order valence-electron chi connectivity index (χ0n) is 17.8. The van der Waals surface area contributed by atoms with Crippen LogP contribution in [0.4, 0.5) is 0 Å². The van der Waals surface area contributed by atoms with Gasteiger partial charge in [0.15, 0.2) is 0 Å². The highest BCUT2D eigenvalue weighted by atomic mass is 79.9. The van der Waals surface area contributed by atoms with E-state index in [0.717, 1.165) is 16.5 Å². The third-order valence-electron chi connectivity index (χ3n) is 4.75. The summed E-state index contributed by atoms with van der Waals surface area (Å²) in [6.45, 7) is 3.78. The fraction of sp³-hybridized carbons (Fsp3) is 0.208. The Morgan fingerprint density at radius 3 is 2.66 bits per heavy atom. The van der Waals surface area contributed by atoms with Crippen molar-refractivity contribution >= 4 is 44.9 Å². The van der Waals surface area contributed by atoms with Crippen LogP contribution in [0.15, 0.2) is 62.2 Å². The number of esters is 1. The Labute approximate surface area is 193 Å². The lowest BCUT2D eigenvalue weighted by atomic mass is 10.1. The van der Waals surface area contributed by atoms with Crippen LogP contribution in [-0.2, 0) is 4.79 Å². The Balaban J connectivity index is 1.74. The fourth-order valence-corrected chi connectivity index (χ4v) is 3.38. The first-order chi connectivity index (χ1) is 15.3. The quantitative estimate of drug-likeness (QED) is 0.219. The van der Waals surface area contributed by atoms with Crippen molar-refractivity contribution < 1.29 is 23.5 Å². The Hall–Kier alpha value is -3.39. The molecule has 1 aromatic heterocycles. The lowest BCUT2D eigenvalue weighted by Crippen LogP contribution is -2.34. The molecule has 0 bridgehead atoms. The number of hydrogen-bond acceptors (Lipinski definition) is 6. The molecule has 166 valence electrons. The van der Waals surface area contributed by atoms with Crippen LogP contribution in [0, 0.1) is 0 Å². The normalized spacial score (nSPS) is 12.0. The second-order valence-electron chi connectivity index (χ2n) is 7.08. The molecule has 3 rings (SSSR count). The van der Waals surface area contributed by atoms with Crippen molar-refractivity contribution in [2.45, 2.75) is 26.3 Å². The molecular formula is C24H22BrNO6. The highest BCUT2D eigenvalue weighted by Gasteiger charge is 2.16. The van der Waals surface area contributed by atoms with Gasteiger partial charge in [-0.3, -0.25) is 4.79 Å². The number of hydrogen-bond donors (Lipinski definition) is 1. The van der Waals surface area contributed by atoms with Crippen LogP contribution >= 0.6 is 15.9 Å². The second kappa shape index (κ2) is 10.3. The summed E-state index contributed by atoms with van der Waals surface area (Å²) >= 11 is 3.39. The Morgan fingerprint density at radius 1 is 1.19 bits per heavy atom. The lowest BCUT2D eigenvalue weighted by Gasteiger charge is -2.11. The maximum absolute atomic E-state index is 12.3. The number of rotatable bonds is 7. The van der Waals surface area contributed by atoms with Gasteiger partial charge in [0.25, 0.3) is 5.91 Å². The average Bonchev–Trinajstić information content (AvgIpc) is 2.77. The number of amides is 1. The van der Waals surface area contributed by atoms with Gasteiger partial charge in [0.05, 0.1) is 11.6 Å². The first-order valence-corrected chi connectivity index (χ1v) is 10.7. The molecule has 0 saturated carbocycles. The average molecular weight is 500 g/mol. The predicted octanol–water partition coefficient (Wildman–Crippen LogP) is 4.71. The first kappa shape index (κ1) is 23.3. The third-order valence-corrected chi connectivity index (χ3v) is 5.37. The van der Waals surface area contributed by atoms with Crippen LogP contribution in [0.2, 0.25) is 0 Å². The van der Waals surface area contributed by atoms with Crippen molar-refractivity contribution in [2.75, 3.05) is 7.11 Å². The second-order valence-corrected chi connectivity index (χ2v) is 7.93. The minimum atomic E-state index is -0.758. The van der Waals surface area contributed by atoms with Crippen LogP contribution in [0.25, 0.3) is 17.0 Å². The Kier molecular flexibility index (Phi) is 7.48. The molecule has 1 N–H and O–H groups in total. The number of ether oxygens (including phenoxy) is 2. The van der Waals surface area contributed by atoms with Crippen molar-refractivity contribution in [2.24, 2.45) is 0 Å². The SMILES string of the molecule is CCC(C)NC(=O)c1cc2ccc(OC(=O)/C=C/c3ccc(OC)c(Br)c3)cc2oc1=O. The molecule has 1 amide bonds. The molecule has 0 fully saturated rings. The van der Waals surface area contributed by atoms with Crippen LogP contribution in [0.1, 0.15) is 36.2 Å². The number of fused-ring (bicyclic) bond motifs is 1. The van der Waals surface area contributed by atoms with Crippen molar-refractivity contribution in [1.82, 2.24) is 5.32 Å². The number of halogens is 1. The molecular weight excluding hydrogens is 478 g/mol. The Bertz CT molecular complexity index is 1250. The van der Waals surface area contributed by atoms with Gasteiger partial charge in [0, 0.05) is 23.6 Å². The molecule has 1 atom stereocenters. The van der Waals surface area contributed by atoms with Crippen LogP contribution in [-0.4, -0.2) is 25.0 Å². The van der Waals surface area contributed by atoms with Gasteiger partial charge >= 0.3 is 11.6 Å². The van der Waals surface area contributed by atoms with Gasteiger partial charge in [-0.15, -0.1) is 0 Å². The van der Waals surface area contributed by atoms with E-state index in [-0.39, 0.29) is 22.9 Å². The van der Waals surface area contributed by atoms with Crippen molar-refractivity contribution in [1.29, 1.82) is 0 Å². The van der Waals surface area contributed by atoms with Crippen molar-refractivity contribution in [3.05, 3.63) is 74.6 Å². The molecule has 0 spiro atoms. The molecule has 7 nitrogen and oxygen atoms in total. The predicted molar refractivity (Wildman–Crippen MR) is 125 cm³/mol. The molecule has 1 unspecified atom stereocenters. The minimum Gasteiger partial charge on any atom is -0.496 e. The fourth-order valence-electron chi connectivity index (χ4n) is 2.82. The van der Waals surface area contributed by atoms with E-state index >= 15 is 0 Å². The maximum Gasteiger partial charge on any atom is 0.349 e. The van der Waals surface area contributed by atoms with E-state index in [9.17, 15) is 14.4 Å². The van der Waals surface area contributed by atoms with Crippen LogP contribution < -0.4 is 20.4 Å². The number of methoxy groups -OCH3 is 1. The van der Waals surface area contributed by atoms with E-state index in [2.05, 4.69) is 21.2 Å². The van der Waals surface area contributed by atoms with E-state index in [1.165, 1.54) is 18.2 Å². The van der Waals surface area contributed by atoms with E-state index in [4.69, 9.17) is 13.9 Å². The van der Waals surface area contributed by atoms with E-state index in [0.29, 0.717) is 11.1 Å². The first-order valence-electron chi connectivity index (χ1n) is 9.93. The van der Waals surface area contributed by atoms with E-state index in [1.807, 2.05) is 19.9 Å². The summed E-state index contributed by atoms with van der Waals surface area (Å²) in [5.41, 5.74) is 0.161. The number of nitrogens with one attached hydrogen (secondary N) is 1. The maximum atomic E-state index is 12.3. The molecule has 32 heavy (non-hydrogen) atoms. The molecule has 1 heterocycles. The highest BCUT2D eigenvalue weighted by molar-refractivity contribution is 9.10. The monoisotopic (exact) mass is 499 g/mol. The van der Waals surface area contributed by atoms with E-state index in [1.54, 1.807) is 37.5 Å². The van der Waals surface area contributed by atoms with Crippen molar-refractivity contribution in [3.8, 4) is 11.5 Å². The van der Waals surface area contributed by atoms with E-state index < -0.39 is 17.5 Å². The summed E-state index contributed by atoms with van der Waals surface area (Å²) in [4.78, 5) is 36.7. The summed E-state index contributed by atoms with van der Waals surface area (Å²) in [7, 11) is 1.57. The Morgan fingerprint density at radius 2 is 1.97 bits per heavy atom. The standard InChI is InChI=1S/C24H22BrNO6/c1-4-14(2)26-23(28)18-12-16-7-8-17(13-21(16)32-24(18)29)31-22(27)10-6-15-5-9-20(30-3)19(25)11-15/h5-14H,4H2,1-3H3,(H,26,28)/b10-6+. The van der Waals surface area contributed by atoms with Gasteiger partial charge in [-0.25, -0.2) is 9.59 Å². The topological polar surface area (TPSA) is 94.8 Å². The smallest absolute Gasteiger partial charge is 0.349 e. The summed E-state index contributed by atoms with van der Waals surface area (Å²) < 4.78 is 16.5. The summed E-state index contributed by atoms with van der Waals surface area (Å²) in [6, 6.07) is 11.4. The largest absolute Gasteiger partial charge is 0.496 e. The zero-order valence-corrected chi connectivity index (χ0v) is 19.4. The van der Waals surface area contributed by atoms with Gasteiger partial charge in [-0.2, -0.15) is 0 Å². The molecule has 3 aromatic rings. The molecule has 0 aliphatic heterocycles. The number of benzene rings is 2. The summed E-state index contributed by atoms with van der Waals surface area (Å²) in [5, 5.41) is 3.28. The van der Waals surface area contributed by atoms with Crippen LogP contribution in [0.3, 0.4) is 0 Å². The third kappa shape index (κ3) is 5.64. The van der Waals surface area contributed by atoms with Gasteiger partial charge in [0.1, 0.15) is 22.6 Å². The molecule has 0 aliphatic rings. The van der Waals surface area contributed by atoms with Gasteiger partial charge < -0.3 is 19.2 Å². The number of carbonyl (C=O) groups excluding carboxylic acids is 2. The molecule has 0 saturated heterocycles. The molecule has 0 aliphatic carbocycles. The molecule has 0 radical (unpaired) electrons. The van der Waals surface area contributed by atoms with Gasteiger partial charge in [0.2, 0.25) is 0 Å².